The van der Waals surface area contributed by atoms with Crippen molar-refractivity contribution in [3.63, 3.8) is 0 Å². The Balaban J connectivity index is 3.19. The molecule has 0 spiro atoms. The molecule has 1 aromatic rings. The number of alkyl halides is 1. The Kier molecular flexibility index (Phi) is 4.56. The first-order valence-electron chi connectivity index (χ1n) is 4.72. The quantitative estimate of drug-likeness (QED) is 0.580. The molecule has 0 bridgehead atoms. The van der Waals surface area contributed by atoms with E-state index in [0.717, 1.165) is 0 Å². The standard InChI is InChI=1S/C11H11ClO4S/c1-5(13)9(12)6-2-7(4-8(17)3-6)10(14)11(15)16/h2-4,9-10,14,17H,1H3,(H,15,16). The number of carboxylic acid groups (broad SMARTS) is 1. The number of Topliss-reactive ketones (excluding diaryl/α,β-unsaturated/α-hetero) is 1. The number of hydrogen-bond donors (Lipinski definition) is 3. The second kappa shape index (κ2) is 5.53. The summed E-state index contributed by atoms with van der Waals surface area (Å²) in [6.07, 6.45) is -1.66. The SMILES string of the molecule is CC(=O)C(Cl)c1cc(S)cc(C(O)C(=O)O)c1. The summed E-state index contributed by atoms with van der Waals surface area (Å²) in [5, 5.41) is 17.2. The number of carboxylic acids is 1. The van der Waals surface area contributed by atoms with E-state index in [2.05, 4.69) is 12.6 Å². The molecule has 0 saturated heterocycles. The summed E-state index contributed by atoms with van der Waals surface area (Å²) < 4.78 is 0. The molecule has 92 valence electrons. The Hall–Kier alpha value is -1.04. The second-order valence-corrected chi connectivity index (χ2v) is 4.52. The smallest absolute Gasteiger partial charge is 0.337 e. The van der Waals surface area contributed by atoms with Gasteiger partial charge in [-0.25, -0.2) is 4.79 Å². The van der Waals surface area contributed by atoms with Gasteiger partial charge in [-0.05, 0) is 30.2 Å². The maximum absolute atomic E-state index is 11.1. The van der Waals surface area contributed by atoms with E-state index in [1.807, 2.05) is 0 Å². The highest BCUT2D eigenvalue weighted by Gasteiger charge is 2.20. The number of thiol groups is 1. The monoisotopic (exact) mass is 274 g/mol. The molecule has 6 heteroatoms. The highest BCUT2D eigenvalue weighted by atomic mass is 35.5. The van der Waals surface area contributed by atoms with Crippen LogP contribution in [0.25, 0.3) is 0 Å². The van der Waals surface area contributed by atoms with Gasteiger partial charge in [0.2, 0.25) is 0 Å². The fourth-order valence-corrected chi connectivity index (χ4v) is 1.76. The molecule has 0 saturated carbocycles. The van der Waals surface area contributed by atoms with Gasteiger partial charge in [-0.1, -0.05) is 6.07 Å². The number of hydrogen-bond acceptors (Lipinski definition) is 4. The molecule has 0 aliphatic carbocycles. The van der Waals surface area contributed by atoms with Crippen molar-refractivity contribution in [1.82, 2.24) is 0 Å². The Morgan fingerprint density at radius 2 is 1.82 bits per heavy atom. The van der Waals surface area contributed by atoms with E-state index in [0.29, 0.717) is 10.5 Å². The van der Waals surface area contributed by atoms with E-state index in [4.69, 9.17) is 16.7 Å². The lowest BCUT2D eigenvalue weighted by molar-refractivity contribution is -0.146. The Morgan fingerprint density at radius 3 is 2.29 bits per heavy atom. The van der Waals surface area contributed by atoms with Crippen LogP contribution in [0.3, 0.4) is 0 Å². The van der Waals surface area contributed by atoms with Crippen LogP contribution in [0.15, 0.2) is 23.1 Å². The van der Waals surface area contributed by atoms with E-state index in [1.54, 1.807) is 6.07 Å². The average Bonchev–Trinajstić information content (AvgIpc) is 2.25. The zero-order valence-electron chi connectivity index (χ0n) is 8.92. The van der Waals surface area contributed by atoms with Crippen LogP contribution < -0.4 is 0 Å². The number of ketones is 1. The molecular weight excluding hydrogens is 264 g/mol. The minimum Gasteiger partial charge on any atom is -0.479 e. The van der Waals surface area contributed by atoms with Crippen molar-refractivity contribution in [3.05, 3.63) is 29.3 Å². The number of halogens is 1. The topological polar surface area (TPSA) is 74.6 Å². The van der Waals surface area contributed by atoms with Crippen LogP contribution in [0.4, 0.5) is 0 Å². The van der Waals surface area contributed by atoms with Gasteiger partial charge < -0.3 is 10.2 Å². The minimum atomic E-state index is -1.66. The fraction of sp³-hybridized carbons (Fsp3) is 0.273. The summed E-state index contributed by atoms with van der Waals surface area (Å²) in [5.41, 5.74) is 0.564. The molecule has 0 amide bonds. The molecule has 0 heterocycles. The second-order valence-electron chi connectivity index (χ2n) is 3.57. The van der Waals surface area contributed by atoms with Gasteiger partial charge in [-0.15, -0.1) is 24.2 Å². The molecule has 1 rings (SSSR count). The normalized spacial score (nSPS) is 14.1. The third-order valence-corrected chi connectivity index (χ3v) is 2.98. The van der Waals surface area contributed by atoms with Crippen molar-refractivity contribution >= 4 is 36.0 Å². The van der Waals surface area contributed by atoms with Crippen LogP contribution in [0.1, 0.15) is 29.5 Å². The third kappa shape index (κ3) is 3.46. The predicted molar refractivity (Wildman–Crippen MR) is 65.6 cm³/mol. The molecule has 0 aliphatic heterocycles. The molecule has 2 atom stereocenters. The van der Waals surface area contributed by atoms with Crippen molar-refractivity contribution in [2.75, 3.05) is 0 Å². The molecule has 4 nitrogen and oxygen atoms in total. The zero-order chi connectivity index (χ0) is 13.2. The van der Waals surface area contributed by atoms with Crippen molar-refractivity contribution < 1.29 is 19.8 Å². The van der Waals surface area contributed by atoms with Crippen LogP contribution in [-0.2, 0) is 9.59 Å². The van der Waals surface area contributed by atoms with Crippen LogP contribution in [-0.4, -0.2) is 22.0 Å². The van der Waals surface area contributed by atoms with Gasteiger partial charge >= 0.3 is 5.97 Å². The number of carbonyl (C=O) groups excluding carboxylic acids is 1. The van der Waals surface area contributed by atoms with Gasteiger partial charge in [-0.2, -0.15) is 0 Å². The number of aliphatic carboxylic acids is 1. The summed E-state index contributed by atoms with van der Waals surface area (Å²) >= 11 is 9.93. The maximum Gasteiger partial charge on any atom is 0.337 e. The van der Waals surface area contributed by atoms with Gasteiger partial charge in [-0.3, -0.25) is 4.79 Å². The van der Waals surface area contributed by atoms with Crippen molar-refractivity contribution in [2.45, 2.75) is 23.3 Å². The molecule has 17 heavy (non-hydrogen) atoms. The number of aliphatic hydroxyl groups excluding tert-OH is 1. The number of rotatable bonds is 4. The van der Waals surface area contributed by atoms with E-state index in [1.165, 1.54) is 19.1 Å². The fourth-order valence-electron chi connectivity index (χ4n) is 1.34. The lowest BCUT2D eigenvalue weighted by atomic mass is 10.0. The van der Waals surface area contributed by atoms with Crippen LogP contribution in [0.2, 0.25) is 0 Å². The minimum absolute atomic E-state index is 0.145. The molecule has 1 aromatic carbocycles. The Morgan fingerprint density at radius 1 is 1.29 bits per heavy atom. The van der Waals surface area contributed by atoms with Crippen molar-refractivity contribution in [3.8, 4) is 0 Å². The molecule has 2 N–H and O–H groups in total. The van der Waals surface area contributed by atoms with Gasteiger partial charge in [0, 0.05) is 4.90 Å². The molecule has 0 radical (unpaired) electrons. The van der Waals surface area contributed by atoms with Crippen LogP contribution in [0.5, 0.6) is 0 Å². The summed E-state index contributed by atoms with van der Waals surface area (Å²) in [6.45, 7) is 1.33. The van der Waals surface area contributed by atoms with Gasteiger partial charge in [0.25, 0.3) is 0 Å². The van der Waals surface area contributed by atoms with E-state index in [-0.39, 0.29) is 11.3 Å². The first kappa shape index (κ1) is 14.0. The molecule has 2 unspecified atom stereocenters. The first-order valence-corrected chi connectivity index (χ1v) is 5.60. The van der Waals surface area contributed by atoms with Gasteiger partial charge in [0.05, 0.1) is 0 Å². The molecule has 0 aliphatic rings. The van der Waals surface area contributed by atoms with E-state index >= 15 is 0 Å². The lowest BCUT2D eigenvalue weighted by Crippen LogP contribution is -2.11. The van der Waals surface area contributed by atoms with E-state index < -0.39 is 17.5 Å². The summed E-state index contributed by atoms with van der Waals surface area (Å²) in [4.78, 5) is 22.2. The average molecular weight is 275 g/mol. The van der Waals surface area contributed by atoms with Crippen LogP contribution >= 0.6 is 24.2 Å². The summed E-state index contributed by atoms with van der Waals surface area (Å²) in [7, 11) is 0. The zero-order valence-corrected chi connectivity index (χ0v) is 10.6. The predicted octanol–water partition coefficient (Wildman–Crippen LogP) is 1.96. The highest BCUT2D eigenvalue weighted by Crippen LogP contribution is 2.27. The number of aliphatic hydroxyl groups is 1. The third-order valence-electron chi connectivity index (χ3n) is 2.16. The van der Waals surface area contributed by atoms with Crippen LogP contribution in [0, 0.1) is 0 Å². The lowest BCUT2D eigenvalue weighted by Gasteiger charge is -2.12. The molecule has 0 fully saturated rings. The first-order chi connectivity index (χ1) is 7.82. The maximum atomic E-state index is 11.1. The molecule has 0 aromatic heterocycles. The largest absolute Gasteiger partial charge is 0.479 e. The van der Waals surface area contributed by atoms with E-state index in [9.17, 15) is 14.7 Å². The summed E-state index contributed by atoms with van der Waals surface area (Å²) in [5.74, 6) is -1.63. The highest BCUT2D eigenvalue weighted by molar-refractivity contribution is 7.80. The number of benzene rings is 1. The van der Waals surface area contributed by atoms with Gasteiger partial charge in [0.15, 0.2) is 11.9 Å². The van der Waals surface area contributed by atoms with Crippen molar-refractivity contribution in [2.24, 2.45) is 0 Å². The molecular formula is C11H11ClO4S. The Labute approximate surface area is 109 Å². The Bertz CT molecular complexity index is 423. The van der Waals surface area contributed by atoms with Gasteiger partial charge in [0.1, 0.15) is 5.38 Å². The van der Waals surface area contributed by atoms with Crippen molar-refractivity contribution in [1.29, 1.82) is 0 Å². The number of carbonyl (C=O) groups is 2. The summed E-state index contributed by atoms with van der Waals surface area (Å²) in [6, 6.07) is 4.35.